The van der Waals surface area contributed by atoms with Gasteiger partial charge in [0.2, 0.25) is 0 Å². The molecule has 5 heteroatoms. The van der Waals surface area contributed by atoms with Crippen molar-refractivity contribution in [3.63, 3.8) is 0 Å². The second-order valence-corrected chi connectivity index (χ2v) is 9.40. The number of amides is 1. The molecule has 2 aromatic carbocycles. The van der Waals surface area contributed by atoms with Gasteiger partial charge in [0, 0.05) is 22.6 Å². The summed E-state index contributed by atoms with van der Waals surface area (Å²) >= 11 is 0. The molecular formula is C25H29NO4. The molecule has 1 aliphatic carbocycles. The third-order valence-electron chi connectivity index (χ3n) is 7.76. The molecular weight excluding hydrogens is 378 g/mol. The Kier molecular flexibility index (Phi) is 4.55. The van der Waals surface area contributed by atoms with Crippen LogP contribution in [0, 0.1) is 23.2 Å². The SMILES string of the molecule is C[C@H]1C[C@]2(C)Oc3ccccc3[C@H]3OC[C@@]1(COC(=O)Nc1ccccc1)[C@@H](C)[C@H]32. The van der Waals surface area contributed by atoms with Crippen molar-refractivity contribution in [3.05, 3.63) is 60.2 Å². The van der Waals surface area contributed by atoms with Crippen LogP contribution in [0.25, 0.3) is 0 Å². The average molecular weight is 408 g/mol. The molecule has 3 aliphatic rings. The zero-order valence-corrected chi connectivity index (χ0v) is 17.8. The summed E-state index contributed by atoms with van der Waals surface area (Å²) in [6, 6.07) is 17.6. The predicted molar refractivity (Wildman–Crippen MR) is 114 cm³/mol. The lowest BCUT2D eigenvalue weighted by molar-refractivity contribution is -0.259. The second kappa shape index (κ2) is 7.02. The first kappa shape index (κ1) is 19.4. The molecule has 6 atom stereocenters. The van der Waals surface area contributed by atoms with E-state index in [1.165, 1.54) is 0 Å². The molecule has 0 radical (unpaired) electrons. The number of fused-ring (bicyclic) bond motifs is 3. The van der Waals surface area contributed by atoms with Crippen LogP contribution in [0.3, 0.4) is 0 Å². The summed E-state index contributed by atoms with van der Waals surface area (Å²) < 4.78 is 18.8. The highest BCUT2D eigenvalue weighted by molar-refractivity contribution is 5.84. The number of hydrogen-bond acceptors (Lipinski definition) is 4. The van der Waals surface area contributed by atoms with E-state index in [-0.39, 0.29) is 23.0 Å². The summed E-state index contributed by atoms with van der Waals surface area (Å²) in [5.74, 6) is 1.75. The number of anilines is 1. The third-order valence-corrected chi connectivity index (χ3v) is 7.76. The fourth-order valence-corrected chi connectivity index (χ4v) is 6.13. The summed E-state index contributed by atoms with van der Waals surface area (Å²) in [6.45, 7) is 7.66. The van der Waals surface area contributed by atoms with Gasteiger partial charge < -0.3 is 14.2 Å². The maximum Gasteiger partial charge on any atom is 0.411 e. The van der Waals surface area contributed by atoms with Crippen LogP contribution < -0.4 is 10.1 Å². The Morgan fingerprint density at radius 1 is 1.13 bits per heavy atom. The van der Waals surface area contributed by atoms with Crippen molar-refractivity contribution in [2.45, 2.75) is 38.9 Å². The monoisotopic (exact) mass is 407 g/mol. The van der Waals surface area contributed by atoms with Gasteiger partial charge in [-0.15, -0.1) is 0 Å². The first-order valence-electron chi connectivity index (χ1n) is 10.8. The van der Waals surface area contributed by atoms with E-state index in [2.05, 4.69) is 32.2 Å². The number of ether oxygens (including phenoxy) is 3. The molecule has 2 aromatic rings. The van der Waals surface area contributed by atoms with E-state index < -0.39 is 6.09 Å². The van der Waals surface area contributed by atoms with Crippen LogP contribution in [0.15, 0.2) is 54.6 Å². The lowest BCUT2D eigenvalue weighted by Crippen LogP contribution is -2.66. The van der Waals surface area contributed by atoms with Crippen LogP contribution in [-0.4, -0.2) is 24.9 Å². The van der Waals surface area contributed by atoms with E-state index in [1.807, 2.05) is 48.5 Å². The van der Waals surface area contributed by atoms with Crippen molar-refractivity contribution in [2.24, 2.45) is 23.2 Å². The fourth-order valence-electron chi connectivity index (χ4n) is 6.13. The van der Waals surface area contributed by atoms with E-state index in [9.17, 15) is 4.79 Å². The van der Waals surface area contributed by atoms with E-state index >= 15 is 0 Å². The zero-order chi connectivity index (χ0) is 20.9. The average Bonchev–Trinajstić information content (AvgIpc) is 2.73. The Morgan fingerprint density at radius 3 is 2.67 bits per heavy atom. The van der Waals surface area contributed by atoms with E-state index in [0.29, 0.717) is 25.0 Å². The number of para-hydroxylation sites is 2. The molecule has 2 fully saturated rings. The van der Waals surface area contributed by atoms with Gasteiger partial charge in [-0.2, -0.15) is 0 Å². The summed E-state index contributed by atoms with van der Waals surface area (Å²) in [4.78, 5) is 12.4. The van der Waals surface area contributed by atoms with Gasteiger partial charge in [0.1, 0.15) is 18.0 Å². The minimum atomic E-state index is -0.421. The molecule has 2 bridgehead atoms. The lowest BCUT2D eigenvalue weighted by atomic mass is 9.50. The molecule has 0 aromatic heterocycles. The topological polar surface area (TPSA) is 56.8 Å². The fraction of sp³-hybridized carbons (Fsp3) is 0.480. The molecule has 0 unspecified atom stereocenters. The molecule has 2 aliphatic heterocycles. The summed E-state index contributed by atoms with van der Waals surface area (Å²) in [7, 11) is 0. The number of rotatable bonds is 3. The van der Waals surface area contributed by atoms with Crippen LogP contribution in [-0.2, 0) is 9.47 Å². The predicted octanol–water partition coefficient (Wildman–Crippen LogP) is 5.44. The van der Waals surface area contributed by atoms with E-state index in [4.69, 9.17) is 14.2 Å². The van der Waals surface area contributed by atoms with Gasteiger partial charge in [-0.1, -0.05) is 50.2 Å². The number of benzene rings is 2. The number of carbonyl (C=O) groups excluding carboxylic acids is 1. The quantitative estimate of drug-likeness (QED) is 0.736. The molecule has 30 heavy (non-hydrogen) atoms. The van der Waals surface area contributed by atoms with E-state index in [0.717, 1.165) is 23.4 Å². The van der Waals surface area contributed by atoms with Gasteiger partial charge >= 0.3 is 6.09 Å². The Bertz CT molecular complexity index is 947. The first-order valence-corrected chi connectivity index (χ1v) is 10.8. The highest BCUT2D eigenvalue weighted by atomic mass is 16.6. The molecule has 1 amide bonds. The molecule has 1 saturated heterocycles. The molecule has 0 spiro atoms. The van der Waals surface area contributed by atoms with Gasteiger partial charge in [-0.05, 0) is 43.4 Å². The van der Waals surface area contributed by atoms with Crippen molar-refractivity contribution in [2.75, 3.05) is 18.5 Å². The second-order valence-electron chi connectivity index (χ2n) is 9.40. The molecule has 5 nitrogen and oxygen atoms in total. The Labute approximate surface area is 177 Å². The van der Waals surface area contributed by atoms with Crippen molar-refractivity contribution in [1.82, 2.24) is 0 Å². The molecule has 158 valence electrons. The van der Waals surface area contributed by atoms with Crippen LogP contribution in [0.2, 0.25) is 0 Å². The minimum absolute atomic E-state index is 0.0220. The van der Waals surface area contributed by atoms with E-state index in [1.54, 1.807) is 0 Å². The number of carbonyl (C=O) groups is 1. The highest BCUT2D eigenvalue weighted by Crippen LogP contribution is 2.63. The highest BCUT2D eigenvalue weighted by Gasteiger charge is 2.64. The van der Waals surface area contributed by atoms with Gasteiger partial charge in [0.25, 0.3) is 0 Å². The van der Waals surface area contributed by atoms with Crippen LogP contribution in [0.4, 0.5) is 10.5 Å². The smallest absolute Gasteiger partial charge is 0.411 e. The number of hydrogen-bond donors (Lipinski definition) is 1. The van der Waals surface area contributed by atoms with Gasteiger partial charge in [-0.25, -0.2) is 4.79 Å². The maximum absolute atomic E-state index is 12.4. The van der Waals surface area contributed by atoms with Crippen LogP contribution >= 0.6 is 0 Å². The Hall–Kier alpha value is -2.53. The van der Waals surface area contributed by atoms with Gasteiger partial charge in [0.15, 0.2) is 0 Å². The molecule has 2 heterocycles. The van der Waals surface area contributed by atoms with Crippen molar-refractivity contribution in [3.8, 4) is 5.75 Å². The summed E-state index contributed by atoms with van der Waals surface area (Å²) in [5, 5.41) is 2.82. The van der Waals surface area contributed by atoms with Gasteiger partial charge in [-0.3, -0.25) is 5.32 Å². The standard InChI is InChI=1S/C25H29NO4/c1-16-13-24(3)21-17(2)25(16,15-29-23(27)26-18-9-5-4-6-10-18)14-28-22(21)19-11-7-8-12-20(19)30-24/h4-12,16-17,21-22H,13-15H2,1-3H3,(H,26,27)/t16-,17-,21+,22+,24-,25-/m0/s1. The van der Waals surface area contributed by atoms with Crippen molar-refractivity contribution >= 4 is 11.8 Å². The number of nitrogens with one attached hydrogen (secondary N) is 1. The van der Waals surface area contributed by atoms with Crippen LogP contribution in [0.1, 0.15) is 38.9 Å². The molecule has 1 saturated carbocycles. The zero-order valence-electron chi connectivity index (χ0n) is 17.8. The lowest BCUT2D eigenvalue weighted by Gasteiger charge is -2.63. The summed E-state index contributed by atoms with van der Waals surface area (Å²) in [5.41, 5.74) is 1.37. The van der Waals surface area contributed by atoms with Crippen LogP contribution in [0.5, 0.6) is 5.75 Å². The first-order chi connectivity index (χ1) is 14.4. The maximum atomic E-state index is 12.4. The molecule has 5 rings (SSSR count). The third kappa shape index (κ3) is 2.90. The normalized spacial score (nSPS) is 36.2. The van der Waals surface area contributed by atoms with Crippen molar-refractivity contribution in [1.29, 1.82) is 0 Å². The Morgan fingerprint density at radius 2 is 1.87 bits per heavy atom. The largest absolute Gasteiger partial charge is 0.487 e. The minimum Gasteiger partial charge on any atom is -0.487 e. The van der Waals surface area contributed by atoms with Crippen molar-refractivity contribution < 1.29 is 19.0 Å². The summed E-state index contributed by atoms with van der Waals surface area (Å²) in [6.07, 6.45) is 0.518. The Balaban J connectivity index is 1.38. The molecule has 1 N–H and O–H groups in total. The van der Waals surface area contributed by atoms with Gasteiger partial charge in [0.05, 0.1) is 12.7 Å².